The maximum Gasteiger partial charge on any atom is 0.242 e. The summed E-state index contributed by atoms with van der Waals surface area (Å²) >= 11 is 15.9. The van der Waals surface area contributed by atoms with Gasteiger partial charge in [0.05, 0.1) is 26.5 Å². The van der Waals surface area contributed by atoms with Gasteiger partial charge < -0.3 is 4.18 Å². The van der Waals surface area contributed by atoms with Crippen LogP contribution in [0, 0.1) is 6.57 Å². The number of nitrogens with zero attached hydrogens (tertiary/aromatic N) is 1. The van der Waals surface area contributed by atoms with Crippen molar-refractivity contribution in [2.75, 3.05) is 0 Å². The summed E-state index contributed by atoms with van der Waals surface area (Å²) in [4.78, 5) is 3.56. The Kier molecular flexibility index (Phi) is 6.09. The van der Waals surface area contributed by atoms with Crippen molar-refractivity contribution in [3.63, 3.8) is 0 Å². The lowest BCUT2D eigenvalue weighted by Gasteiger charge is -2.08. The third-order valence-electron chi connectivity index (χ3n) is 2.76. The van der Waals surface area contributed by atoms with E-state index in [2.05, 4.69) is 4.85 Å². The first kappa shape index (κ1) is 17.8. The quantitative estimate of drug-likeness (QED) is 0.474. The molecule has 0 aliphatic carbocycles. The molecule has 0 saturated carbocycles. The first-order valence-corrected chi connectivity index (χ1v) is 8.52. The number of rotatable bonds is 4. The minimum absolute atomic E-state index is 0.213. The average Bonchev–Trinajstić information content (AvgIpc) is 2.52. The molecule has 0 spiro atoms. The van der Waals surface area contributed by atoms with Crippen LogP contribution in [0.3, 0.4) is 0 Å². The molecular formula is C16H10Cl3NO2S. The molecular weight excluding hydrogens is 377 g/mol. The molecule has 3 nitrogen and oxygen atoms in total. The number of halogens is 3. The smallest absolute Gasteiger partial charge is 0.242 e. The van der Waals surface area contributed by atoms with Gasteiger partial charge in [-0.15, -0.1) is 0 Å². The second kappa shape index (κ2) is 7.85. The fourth-order valence-electron chi connectivity index (χ4n) is 1.66. The second-order valence-corrected chi connectivity index (χ2v) is 6.78. The monoisotopic (exact) mass is 385 g/mol. The molecule has 0 bridgehead atoms. The zero-order chi connectivity index (χ0) is 17.0. The molecule has 0 fully saturated rings. The van der Waals surface area contributed by atoms with Crippen LogP contribution < -0.4 is 4.18 Å². The van der Waals surface area contributed by atoms with Gasteiger partial charge in [0.15, 0.2) is 5.70 Å². The highest BCUT2D eigenvalue weighted by Crippen LogP contribution is 2.31. The zero-order valence-electron chi connectivity index (χ0n) is 11.8. The van der Waals surface area contributed by atoms with Crippen LogP contribution in [0.25, 0.3) is 10.9 Å². The molecule has 0 amide bonds. The highest BCUT2D eigenvalue weighted by atomic mass is 35.5. The van der Waals surface area contributed by atoms with Crippen molar-refractivity contribution in [2.45, 2.75) is 11.8 Å². The highest BCUT2D eigenvalue weighted by molar-refractivity contribution is 7.80. The van der Waals surface area contributed by atoms with E-state index in [0.29, 0.717) is 11.4 Å². The van der Waals surface area contributed by atoms with Crippen LogP contribution in [-0.4, -0.2) is 4.21 Å². The maximum atomic E-state index is 12.3. The standard InChI is InChI=1S/C16H10Cl3NO2S/c1-10(20-2)7-11-3-5-12(6-4-11)22-23(21)16-9-14(18)13(17)8-15(16)19/h3-9H,1H3/b10-7-. The van der Waals surface area contributed by atoms with Crippen LogP contribution in [0.5, 0.6) is 5.75 Å². The number of hydrogen-bond donors (Lipinski definition) is 0. The highest BCUT2D eigenvalue weighted by Gasteiger charge is 2.14. The van der Waals surface area contributed by atoms with Gasteiger partial charge >= 0.3 is 0 Å². The van der Waals surface area contributed by atoms with Crippen molar-refractivity contribution in [2.24, 2.45) is 0 Å². The van der Waals surface area contributed by atoms with Gasteiger partial charge in [0.1, 0.15) is 5.75 Å². The van der Waals surface area contributed by atoms with E-state index in [-0.39, 0.29) is 20.0 Å². The van der Waals surface area contributed by atoms with Gasteiger partial charge in [-0.3, -0.25) is 0 Å². The molecule has 1 unspecified atom stereocenters. The summed E-state index contributed by atoms with van der Waals surface area (Å²) in [6.45, 7) is 8.62. The van der Waals surface area contributed by atoms with Gasteiger partial charge in [0.2, 0.25) is 11.1 Å². The number of hydrogen-bond acceptors (Lipinski definition) is 2. The van der Waals surface area contributed by atoms with E-state index in [4.69, 9.17) is 45.6 Å². The molecule has 118 valence electrons. The van der Waals surface area contributed by atoms with Gasteiger partial charge in [0, 0.05) is 0 Å². The average molecular weight is 387 g/mol. The lowest BCUT2D eigenvalue weighted by molar-refractivity contribution is 0.562. The van der Waals surface area contributed by atoms with Gasteiger partial charge in [-0.05, 0) is 36.8 Å². The van der Waals surface area contributed by atoms with Crippen LogP contribution in [0.1, 0.15) is 12.5 Å². The first-order chi connectivity index (χ1) is 10.9. The summed E-state index contributed by atoms with van der Waals surface area (Å²) in [5.41, 5.74) is 1.43. The molecule has 0 aliphatic heterocycles. The van der Waals surface area contributed by atoms with E-state index in [0.717, 1.165) is 5.56 Å². The van der Waals surface area contributed by atoms with Crippen LogP contribution in [0.4, 0.5) is 0 Å². The van der Waals surface area contributed by atoms with E-state index in [1.165, 1.54) is 12.1 Å². The Hall–Kier alpha value is -1.51. The Morgan fingerprint density at radius 1 is 1.13 bits per heavy atom. The largest absolute Gasteiger partial charge is 0.397 e. The number of benzene rings is 2. The molecule has 0 N–H and O–H groups in total. The molecule has 0 heterocycles. The summed E-state index contributed by atoms with van der Waals surface area (Å²) in [6.07, 6.45) is 1.74. The van der Waals surface area contributed by atoms with Crippen molar-refractivity contribution in [1.29, 1.82) is 0 Å². The normalized spacial score (nSPS) is 12.6. The molecule has 2 rings (SSSR count). The van der Waals surface area contributed by atoms with Crippen LogP contribution in [0.2, 0.25) is 15.1 Å². The van der Waals surface area contributed by atoms with Crippen LogP contribution >= 0.6 is 34.8 Å². The third-order valence-corrected chi connectivity index (χ3v) is 4.95. The maximum absolute atomic E-state index is 12.3. The van der Waals surface area contributed by atoms with Crippen molar-refractivity contribution in [3.8, 4) is 5.75 Å². The summed E-state index contributed by atoms with van der Waals surface area (Å²) in [7, 11) is 0. The Morgan fingerprint density at radius 2 is 1.74 bits per heavy atom. The third kappa shape index (κ3) is 4.73. The zero-order valence-corrected chi connectivity index (χ0v) is 14.9. The van der Waals surface area contributed by atoms with Gasteiger partial charge in [-0.2, -0.15) is 0 Å². The summed E-state index contributed by atoms with van der Waals surface area (Å²) in [5, 5.41) is 0.742. The fraction of sp³-hybridized carbons (Fsp3) is 0.0625. The predicted octanol–water partition coefficient (Wildman–Crippen LogP) is 6.03. The minimum atomic E-state index is -1.82. The Labute approximate surface area is 151 Å². The van der Waals surface area contributed by atoms with Crippen molar-refractivity contribution >= 4 is 52.0 Å². The van der Waals surface area contributed by atoms with Crippen LogP contribution in [-0.2, 0) is 11.1 Å². The molecule has 2 aromatic rings. The Bertz CT molecular complexity index is 826. The lowest BCUT2D eigenvalue weighted by Crippen LogP contribution is -2.02. The number of allylic oxidation sites excluding steroid dienone is 1. The predicted molar refractivity (Wildman–Crippen MR) is 95.2 cm³/mol. The van der Waals surface area contributed by atoms with Gasteiger partial charge in [0.25, 0.3) is 0 Å². The minimum Gasteiger partial charge on any atom is -0.397 e. The van der Waals surface area contributed by atoms with Crippen molar-refractivity contribution in [3.05, 3.63) is 74.1 Å². The van der Waals surface area contributed by atoms with Crippen LogP contribution in [0.15, 0.2) is 47.0 Å². The van der Waals surface area contributed by atoms with E-state index in [9.17, 15) is 4.21 Å². The molecule has 0 saturated heterocycles. The van der Waals surface area contributed by atoms with E-state index >= 15 is 0 Å². The summed E-state index contributed by atoms with van der Waals surface area (Å²) in [6, 6.07) is 9.68. The summed E-state index contributed by atoms with van der Waals surface area (Å²) < 4.78 is 17.6. The van der Waals surface area contributed by atoms with Crippen molar-refractivity contribution < 1.29 is 8.39 Å². The van der Waals surface area contributed by atoms with E-state index in [1.807, 2.05) is 0 Å². The van der Waals surface area contributed by atoms with E-state index in [1.54, 1.807) is 37.3 Å². The molecule has 0 radical (unpaired) electrons. The fourth-order valence-corrected chi connectivity index (χ4v) is 3.27. The lowest BCUT2D eigenvalue weighted by atomic mass is 10.2. The summed E-state index contributed by atoms with van der Waals surface area (Å²) in [5.74, 6) is 0.406. The first-order valence-electron chi connectivity index (χ1n) is 6.31. The molecule has 23 heavy (non-hydrogen) atoms. The molecule has 0 aliphatic rings. The van der Waals surface area contributed by atoms with E-state index < -0.39 is 11.1 Å². The second-order valence-electron chi connectivity index (χ2n) is 4.48. The molecule has 2 aromatic carbocycles. The Morgan fingerprint density at radius 3 is 2.35 bits per heavy atom. The van der Waals surface area contributed by atoms with Gasteiger partial charge in [-0.1, -0.05) is 53.0 Å². The molecule has 7 heteroatoms. The Balaban J connectivity index is 2.18. The SMILES string of the molecule is [C-]#[N+]/C(C)=C\c1ccc(OS(=O)c2cc(Cl)c(Cl)cc2Cl)cc1. The van der Waals surface area contributed by atoms with Gasteiger partial charge in [-0.25, -0.2) is 9.05 Å². The molecule has 1 atom stereocenters. The topological polar surface area (TPSA) is 30.7 Å². The van der Waals surface area contributed by atoms with Crippen molar-refractivity contribution in [1.82, 2.24) is 0 Å². The molecule has 0 aromatic heterocycles.